The van der Waals surface area contributed by atoms with E-state index >= 15 is 0 Å². The van der Waals surface area contributed by atoms with Gasteiger partial charge in [0.2, 0.25) is 0 Å². The van der Waals surface area contributed by atoms with Gasteiger partial charge in [0.25, 0.3) is 0 Å². The Morgan fingerprint density at radius 2 is 1.78 bits per heavy atom. The van der Waals surface area contributed by atoms with Crippen molar-refractivity contribution < 1.29 is 18.0 Å². The summed E-state index contributed by atoms with van der Waals surface area (Å²) in [4.78, 5) is 12.2. The van der Waals surface area contributed by atoms with Gasteiger partial charge in [-0.15, -0.1) is 0 Å². The van der Waals surface area contributed by atoms with Gasteiger partial charge in [-0.1, -0.05) is 20.3 Å². The van der Waals surface area contributed by atoms with Crippen molar-refractivity contribution >= 4 is 5.78 Å². The van der Waals surface area contributed by atoms with Crippen LogP contribution in [0.4, 0.5) is 13.2 Å². The van der Waals surface area contributed by atoms with Gasteiger partial charge in [0, 0.05) is 18.1 Å². The Morgan fingerprint density at radius 1 is 1.22 bits per heavy atom. The SMILES string of the molecule is CC1(C)CCCC1C(=O)c1c(F)cc(F)cc1F. The number of hydrogen-bond acceptors (Lipinski definition) is 1. The van der Waals surface area contributed by atoms with Crippen LogP contribution < -0.4 is 0 Å². The number of hydrogen-bond donors (Lipinski definition) is 0. The van der Waals surface area contributed by atoms with Crippen LogP contribution in [0.2, 0.25) is 0 Å². The van der Waals surface area contributed by atoms with Gasteiger partial charge in [-0.25, -0.2) is 13.2 Å². The molecule has 1 aromatic rings. The van der Waals surface area contributed by atoms with Crippen molar-refractivity contribution in [3.63, 3.8) is 0 Å². The summed E-state index contributed by atoms with van der Waals surface area (Å²) in [5, 5.41) is 0. The maximum Gasteiger partial charge on any atom is 0.172 e. The van der Waals surface area contributed by atoms with Gasteiger partial charge >= 0.3 is 0 Å². The molecule has 0 aliphatic heterocycles. The van der Waals surface area contributed by atoms with Crippen molar-refractivity contribution in [1.29, 1.82) is 0 Å². The summed E-state index contributed by atoms with van der Waals surface area (Å²) in [5.74, 6) is -4.17. The second-order valence-corrected chi connectivity index (χ2v) is 5.54. The highest BCUT2D eigenvalue weighted by Crippen LogP contribution is 2.44. The molecule has 0 spiro atoms. The summed E-state index contributed by atoms with van der Waals surface area (Å²) in [7, 11) is 0. The number of ketones is 1. The van der Waals surface area contributed by atoms with E-state index in [4.69, 9.17) is 0 Å². The average molecular weight is 256 g/mol. The van der Waals surface area contributed by atoms with Gasteiger partial charge in [-0.2, -0.15) is 0 Å². The molecule has 0 heterocycles. The molecule has 2 rings (SSSR count). The molecular formula is C14H15F3O. The van der Waals surface area contributed by atoms with Crippen LogP contribution >= 0.6 is 0 Å². The van der Waals surface area contributed by atoms with Gasteiger partial charge in [0.05, 0.1) is 5.56 Å². The largest absolute Gasteiger partial charge is 0.294 e. The summed E-state index contributed by atoms with van der Waals surface area (Å²) in [6.45, 7) is 3.84. The van der Waals surface area contributed by atoms with Crippen LogP contribution in [0.3, 0.4) is 0 Å². The molecule has 98 valence electrons. The van der Waals surface area contributed by atoms with Crippen LogP contribution in [0.25, 0.3) is 0 Å². The zero-order valence-corrected chi connectivity index (χ0v) is 10.4. The number of benzene rings is 1. The van der Waals surface area contributed by atoms with E-state index in [1.54, 1.807) is 0 Å². The molecule has 1 nitrogen and oxygen atoms in total. The van der Waals surface area contributed by atoms with Crippen LogP contribution in [0.5, 0.6) is 0 Å². The zero-order chi connectivity index (χ0) is 13.5. The minimum Gasteiger partial charge on any atom is -0.294 e. The Bertz CT molecular complexity index is 471. The van der Waals surface area contributed by atoms with Gasteiger partial charge in [-0.05, 0) is 18.3 Å². The Hall–Kier alpha value is -1.32. The first-order chi connectivity index (χ1) is 8.33. The second kappa shape index (κ2) is 4.41. The molecule has 1 aromatic carbocycles. The summed E-state index contributed by atoms with van der Waals surface area (Å²) in [6, 6.07) is 1.11. The first-order valence-corrected chi connectivity index (χ1v) is 6.01. The van der Waals surface area contributed by atoms with E-state index in [2.05, 4.69) is 0 Å². The van der Waals surface area contributed by atoms with Gasteiger partial charge in [0.1, 0.15) is 17.5 Å². The van der Waals surface area contributed by atoms with Crippen molar-refractivity contribution in [2.24, 2.45) is 11.3 Å². The van der Waals surface area contributed by atoms with Gasteiger partial charge in [-0.3, -0.25) is 4.79 Å². The lowest BCUT2D eigenvalue weighted by Gasteiger charge is -2.25. The third-order valence-corrected chi connectivity index (χ3v) is 3.83. The smallest absolute Gasteiger partial charge is 0.172 e. The monoisotopic (exact) mass is 256 g/mol. The molecule has 0 amide bonds. The van der Waals surface area contributed by atoms with Crippen molar-refractivity contribution in [3.05, 3.63) is 35.1 Å². The number of halogens is 3. The maximum absolute atomic E-state index is 13.6. The third-order valence-electron chi connectivity index (χ3n) is 3.83. The normalized spacial score (nSPS) is 22.2. The molecule has 1 unspecified atom stereocenters. The van der Waals surface area contributed by atoms with Crippen LogP contribution in [-0.4, -0.2) is 5.78 Å². The highest BCUT2D eigenvalue weighted by molar-refractivity contribution is 5.99. The van der Waals surface area contributed by atoms with E-state index in [1.165, 1.54) is 0 Å². The molecule has 1 aliphatic carbocycles. The molecule has 1 aliphatic rings. The predicted molar refractivity (Wildman–Crippen MR) is 61.8 cm³/mol. The fourth-order valence-electron chi connectivity index (χ4n) is 2.76. The molecule has 0 N–H and O–H groups in total. The van der Waals surface area contributed by atoms with Crippen LogP contribution in [0, 0.1) is 28.8 Å². The molecule has 0 saturated heterocycles. The number of carbonyl (C=O) groups excluding carboxylic acids is 1. The number of carbonyl (C=O) groups is 1. The van der Waals surface area contributed by atoms with E-state index in [0.717, 1.165) is 12.8 Å². The van der Waals surface area contributed by atoms with E-state index in [-0.39, 0.29) is 5.41 Å². The molecule has 4 heteroatoms. The predicted octanol–water partition coefficient (Wildman–Crippen LogP) is 4.11. The second-order valence-electron chi connectivity index (χ2n) is 5.54. The minimum atomic E-state index is -1.11. The first-order valence-electron chi connectivity index (χ1n) is 6.01. The Labute approximate surface area is 104 Å². The summed E-state index contributed by atoms with van der Waals surface area (Å²) in [6.07, 6.45) is 2.35. The van der Waals surface area contributed by atoms with Crippen LogP contribution in [-0.2, 0) is 0 Å². The fourth-order valence-corrected chi connectivity index (χ4v) is 2.76. The summed E-state index contributed by atoms with van der Waals surface area (Å²) < 4.78 is 39.9. The van der Waals surface area contributed by atoms with Gasteiger partial charge in [0.15, 0.2) is 5.78 Å². The Kier molecular flexibility index (Phi) is 3.21. The first kappa shape index (κ1) is 13.1. The molecule has 1 saturated carbocycles. The van der Waals surface area contributed by atoms with Crippen molar-refractivity contribution in [1.82, 2.24) is 0 Å². The third kappa shape index (κ3) is 2.16. The molecular weight excluding hydrogens is 241 g/mol. The fraction of sp³-hybridized carbons (Fsp3) is 0.500. The lowest BCUT2D eigenvalue weighted by Crippen LogP contribution is -2.27. The van der Waals surface area contributed by atoms with Crippen molar-refractivity contribution in [3.8, 4) is 0 Å². The maximum atomic E-state index is 13.6. The summed E-state index contributed by atoms with van der Waals surface area (Å²) >= 11 is 0. The van der Waals surface area contributed by atoms with E-state index < -0.39 is 34.7 Å². The van der Waals surface area contributed by atoms with Crippen molar-refractivity contribution in [2.45, 2.75) is 33.1 Å². The van der Waals surface area contributed by atoms with Gasteiger partial charge < -0.3 is 0 Å². The van der Waals surface area contributed by atoms with Crippen LogP contribution in [0.1, 0.15) is 43.5 Å². The highest BCUT2D eigenvalue weighted by Gasteiger charge is 2.41. The Morgan fingerprint density at radius 3 is 2.22 bits per heavy atom. The average Bonchev–Trinajstić information content (AvgIpc) is 2.56. The summed E-state index contributed by atoms with van der Waals surface area (Å²) in [5.41, 5.74) is -0.860. The molecule has 18 heavy (non-hydrogen) atoms. The van der Waals surface area contributed by atoms with Crippen LogP contribution in [0.15, 0.2) is 12.1 Å². The van der Waals surface area contributed by atoms with E-state index in [1.807, 2.05) is 13.8 Å². The van der Waals surface area contributed by atoms with E-state index in [0.29, 0.717) is 18.6 Å². The number of rotatable bonds is 2. The topological polar surface area (TPSA) is 17.1 Å². The van der Waals surface area contributed by atoms with Crippen molar-refractivity contribution in [2.75, 3.05) is 0 Å². The molecule has 1 atom stereocenters. The quantitative estimate of drug-likeness (QED) is 0.728. The highest BCUT2D eigenvalue weighted by atomic mass is 19.1. The minimum absolute atomic E-state index is 0.260. The molecule has 1 fully saturated rings. The molecule has 0 radical (unpaired) electrons. The zero-order valence-electron chi connectivity index (χ0n) is 10.4. The lowest BCUT2D eigenvalue weighted by molar-refractivity contribution is 0.0830. The Balaban J connectivity index is 2.41. The lowest BCUT2D eigenvalue weighted by atomic mass is 9.77. The van der Waals surface area contributed by atoms with E-state index in [9.17, 15) is 18.0 Å². The molecule has 0 aromatic heterocycles. The standard InChI is InChI=1S/C14H15F3O/c1-14(2)5-3-4-9(14)13(18)12-10(16)6-8(15)7-11(12)17/h6-7,9H,3-5H2,1-2H3. The molecule has 0 bridgehead atoms. The number of Topliss-reactive ketones (excluding diaryl/α,β-unsaturated/α-hetero) is 1.